The van der Waals surface area contributed by atoms with Crippen molar-refractivity contribution >= 4 is 16.8 Å². The number of hydrogen-bond acceptors (Lipinski definition) is 2. The Labute approximate surface area is 59.5 Å². The van der Waals surface area contributed by atoms with Gasteiger partial charge in [0.05, 0.1) is 6.61 Å². The second-order valence-electron chi connectivity index (χ2n) is 1.44. The van der Waals surface area contributed by atoms with Crippen LogP contribution in [0.25, 0.3) is 0 Å². The molecule has 2 nitrogen and oxygen atoms in total. The molecule has 0 bridgehead atoms. The van der Waals surface area contributed by atoms with E-state index in [9.17, 15) is 4.79 Å². The van der Waals surface area contributed by atoms with Crippen molar-refractivity contribution in [3.63, 3.8) is 0 Å². The van der Waals surface area contributed by atoms with Gasteiger partial charge in [-0.2, -0.15) is 0 Å². The Hall–Kier alpha value is -0.340. The Kier molecular flexibility index (Phi) is 5.57. The Morgan fingerprint density at radius 3 is 2.89 bits per heavy atom. The molecule has 9 heavy (non-hydrogen) atoms. The van der Waals surface area contributed by atoms with Gasteiger partial charge in [0.25, 0.3) is 0 Å². The van der Waals surface area contributed by atoms with Crippen molar-refractivity contribution in [1.82, 2.24) is 0 Å². The van der Waals surface area contributed by atoms with Crippen LogP contribution in [0, 0.1) is 0 Å². The maximum atomic E-state index is 10.0. The van der Waals surface area contributed by atoms with Crippen molar-refractivity contribution in [3.05, 3.63) is 12.2 Å². The molecule has 0 saturated heterocycles. The first-order valence-electron chi connectivity index (χ1n) is 2.64. The van der Waals surface area contributed by atoms with Gasteiger partial charge in [0.1, 0.15) is 6.61 Å². The second kappa shape index (κ2) is 5.79. The molecule has 52 valence electrons. The van der Waals surface area contributed by atoms with Gasteiger partial charge in [0.15, 0.2) is 0 Å². The van der Waals surface area contributed by atoms with Gasteiger partial charge in [-0.25, -0.2) is 0 Å². The van der Waals surface area contributed by atoms with Crippen LogP contribution in [0.5, 0.6) is 0 Å². The summed E-state index contributed by atoms with van der Waals surface area (Å²) >= 11 is 4.97. The van der Waals surface area contributed by atoms with Crippen LogP contribution in [0.4, 0.5) is 0 Å². The number of halogens is 1. The van der Waals surface area contributed by atoms with Gasteiger partial charge >= 0.3 is 0 Å². The molecule has 0 spiro atoms. The van der Waals surface area contributed by atoms with Crippen molar-refractivity contribution in [2.45, 2.75) is 6.92 Å². The molecule has 3 heteroatoms. The van der Waals surface area contributed by atoms with Gasteiger partial charge in [-0.3, -0.25) is 4.79 Å². The lowest BCUT2D eigenvalue weighted by atomic mass is 10.5. The van der Waals surface area contributed by atoms with Crippen LogP contribution in [-0.4, -0.2) is 18.5 Å². The summed E-state index contributed by atoms with van der Waals surface area (Å²) in [5.41, 5.74) is 0. The summed E-state index contributed by atoms with van der Waals surface area (Å²) in [5.74, 6) is 0. The summed E-state index contributed by atoms with van der Waals surface area (Å²) in [6, 6.07) is 0. The minimum Gasteiger partial charge on any atom is -0.368 e. The molecule has 0 aromatic rings. The lowest BCUT2D eigenvalue weighted by Crippen LogP contribution is -2.00. The zero-order valence-electron chi connectivity index (χ0n) is 5.26. The smallest absolute Gasteiger partial charge is 0.247 e. The molecule has 0 unspecified atom stereocenters. The van der Waals surface area contributed by atoms with Gasteiger partial charge < -0.3 is 4.74 Å². The van der Waals surface area contributed by atoms with Crippen molar-refractivity contribution in [3.8, 4) is 0 Å². The van der Waals surface area contributed by atoms with Crippen LogP contribution in [0.3, 0.4) is 0 Å². The zero-order chi connectivity index (χ0) is 7.11. The van der Waals surface area contributed by atoms with Crippen LogP contribution < -0.4 is 0 Å². The molecule has 0 aliphatic heterocycles. The van der Waals surface area contributed by atoms with E-state index in [1.54, 1.807) is 6.08 Å². The average Bonchev–Trinajstić information content (AvgIpc) is 1.80. The quantitative estimate of drug-likeness (QED) is 0.342. The molecule has 0 radical (unpaired) electrons. The van der Waals surface area contributed by atoms with E-state index in [2.05, 4.69) is 0 Å². The van der Waals surface area contributed by atoms with Crippen LogP contribution >= 0.6 is 11.6 Å². The minimum absolute atomic E-state index is 0.00804. The third-order valence-electron chi connectivity index (χ3n) is 0.665. The first kappa shape index (κ1) is 8.66. The summed E-state index contributed by atoms with van der Waals surface area (Å²) in [6.45, 7) is 2.33. The molecule has 0 rings (SSSR count). The first-order valence-corrected chi connectivity index (χ1v) is 3.02. The number of rotatable bonds is 4. The first-order chi connectivity index (χ1) is 4.27. The van der Waals surface area contributed by atoms with Gasteiger partial charge in [0.2, 0.25) is 5.24 Å². The van der Waals surface area contributed by atoms with Crippen molar-refractivity contribution in [2.24, 2.45) is 0 Å². The fourth-order valence-corrected chi connectivity index (χ4v) is 0.381. The van der Waals surface area contributed by atoms with E-state index < -0.39 is 5.24 Å². The topological polar surface area (TPSA) is 26.3 Å². The Morgan fingerprint density at radius 2 is 2.44 bits per heavy atom. The molecule has 0 fully saturated rings. The second-order valence-corrected chi connectivity index (χ2v) is 1.86. The predicted molar refractivity (Wildman–Crippen MR) is 36.5 cm³/mol. The highest BCUT2D eigenvalue weighted by molar-refractivity contribution is 6.63. The molecular weight excluding hydrogens is 140 g/mol. The van der Waals surface area contributed by atoms with Crippen LogP contribution in [0.15, 0.2) is 12.2 Å². The monoisotopic (exact) mass is 148 g/mol. The standard InChI is InChI=1S/C6H9ClO2/c1-2-3-4-9-5-6(7)8/h2-3H,4-5H2,1H3. The molecule has 0 N–H and O–H groups in total. The van der Waals surface area contributed by atoms with E-state index in [1.165, 1.54) is 0 Å². The minimum atomic E-state index is -0.459. The lowest BCUT2D eigenvalue weighted by Gasteiger charge is -1.92. The number of carbonyl (C=O) groups is 1. The van der Waals surface area contributed by atoms with Gasteiger partial charge in [-0.05, 0) is 18.5 Å². The lowest BCUT2D eigenvalue weighted by molar-refractivity contribution is -0.115. The third kappa shape index (κ3) is 7.66. The summed E-state index contributed by atoms with van der Waals surface area (Å²) < 4.78 is 4.77. The molecule has 0 atom stereocenters. The maximum absolute atomic E-state index is 10.0. The highest BCUT2D eigenvalue weighted by Crippen LogP contribution is 1.82. The maximum Gasteiger partial charge on any atom is 0.247 e. The molecule has 0 aromatic heterocycles. The number of ether oxygens (including phenoxy) is 1. The van der Waals surface area contributed by atoms with Gasteiger partial charge in [-0.15, -0.1) is 0 Å². The molecule has 0 aliphatic carbocycles. The molecule has 0 saturated carbocycles. The van der Waals surface area contributed by atoms with Crippen LogP contribution in [0.2, 0.25) is 0 Å². The summed E-state index contributed by atoms with van der Waals surface area (Å²) in [7, 11) is 0. The summed E-state index contributed by atoms with van der Waals surface area (Å²) in [6.07, 6.45) is 3.65. The number of allylic oxidation sites excluding steroid dienone is 1. The van der Waals surface area contributed by atoms with Crippen LogP contribution in [-0.2, 0) is 9.53 Å². The number of carbonyl (C=O) groups excluding carboxylic acids is 1. The highest BCUT2D eigenvalue weighted by atomic mass is 35.5. The summed E-state index contributed by atoms with van der Waals surface area (Å²) in [4.78, 5) is 10.0. The van der Waals surface area contributed by atoms with E-state index in [4.69, 9.17) is 16.3 Å². The summed E-state index contributed by atoms with van der Waals surface area (Å²) in [5, 5.41) is -0.459. The molecule has 0 heterocycles. The van der Waals surface area contributed by atoms with Crippen molar-refractivity contribution in [1.29, 1.82) is 0 Å². The fourth-order valence-electron chi connectivity index (χ4n) is 0.303. The SMILES string of the molecule is CC=CCOCC(=O)Cl. The molecule has 0 aliphatic rings. The molecule has 0 amide bonds. The Bertz CT molecular complexity index is 110. The van der Waals surface area contributed by atoms with Crippen molar-refractivity contribution in [2.75, 3.05) is 13.2 Å². The van der Waals surface area contributed by atoms with E-state index in [1.807, 2.05) is 13.0 Å². The fraction of sp³-hybridized carbons (Fsp3) is 0.500. The van der Waals surface area contributed by atoms with Gasteiger partial charge in [-0.1, -0.05) is 12.2 Å². The normalized spacial score (nSPS) is 10.4. The van der Waals surface area contributed by atoms with E-state index in [0.717, 1.165) is 0 Å². The largest absolute Gasteiger partial charge is 0.368 e. The van der Waals surface area contributed by atoms with E-state index >= 15 is 0 Å². The van der Waals surface area contributed by atoms with Crippen LogP contribution in [0.1, 0.15) is 6.92 Å². The third-order valence-corrected chi connectivity index (χ3v) is 0.774. The number of hydrogen-bond donors (Lipinski definition) is 0. The predicted octanol–water partition coefficient (Wildman–Crippen LogP) is 1.34. The molecule has 0 aromatic carbocycles. The van der Waals surface area contributed by atoms with E-state index in [0.29, 0.717) is 6.61 Å². The van der Waals surface area contributed by atoms with Gasteiger partial charge in [0, 0.05) is 0 Å². The molecular formula is C6H9ClO2. The highest BCUT2D eigenvalue weighted by Gasteiger charge is 1.91. The Balaban J connectivity index is 3.01. The average molecular weight is 149 g/mol. The van der Waals surface area contributed by atoms with Crippen molar-refractivity contribution < 1.29 is 9.53 Å². The van der Waals surface area contributed by atoms with E-state index in [-0.39, 0.29) is 6.61 Å². The zero-order valence-corrected chi connectivity index (χ0v) is 6.02. The Morgan fingerprint density at radius 1 is 1.78 bits per heavy atom.